The zero-order valence-corrected chi connectivity index (χ0v) is 10.8. The Morgan fingerprint density at radius 3 is 1.12 bits per heavy atom. The van der Waals surface area contributed by atoms with E-state index in [1.165, 1.54) is 5.92 Å². The van der Waals surface area contributed by atoms with E-state index in [1.807, 2.05) is 0 Å². The second-order valence-corrected chi connectivity index (χ2v) is 3.37. The van der Waals surface area contributed by atoms with Crippen molar-refractivity contribution in [2.75, 3.05) is 0 Å². The van der Waals surface area contributed by atoms with Crippen molar-refractivity contribution in [2.24, 2.45) is 5.92 Å². The largest absolute Gasteiger partial charge is 0.693 e. The van der Waals surface area contributed by atoms with Crippen molar-refractivity contribution in [2.45, 2.75) is 23.1 Å². The van der Waals surface area contributed by atoms with Crippen LogP contribution in [0.25, 0.3) is 0 Å². The van der Waals surface area contributed by atoms with Crippen molar-refractivity contribution < 1.29 is 60.3 Å². The summed E-state index contributed by atoms with van der Waals surface area (Å²) in [5.41, 5.74) is 0. The molecule has 0 radical (unpaired) electrons. The van der Waals surface area contributed by atoms with E-state index in [4.69, 9.17) is 47.3 Å². The van der Waals surface area contributed by atoms with Crippen LogP contribution >= 0.6 is 0 Å². The van der Waals surface area contributed by atoms with Gasteiger partial charge in [-0.15, -0.1) is 0 Å². The van der Waals surface area contributed by atoms with Crippen molar-refractivity contribution in [3.63, 3.8) is 0 Å². The summed E-state index contributed by atoms with van der Waals surface area (Å²) in [6, 6.07) is 0. The van der Waals surface area contributed by atoms with Crippen LogP contribution in [0.15, 0.2) is 0 Å². The van der Waals surface area contributed by atoms with Crippen molar-refractivity contribution in [1.29, 1.82) is 0 Å². The molecular weight excluding hydrogens is 277 g/mol. The Bertz CT molecular complexity index is 302. The van der Waals surface area contributed by atoms with Gasteiger partial charge >= 0.3 is 0 Å². The van der Waals surface area contributed by atoms with Crippen molar-refractivity contribution in [3.8, 4) is 5.92 Å². The molecule has 0 spiro atoms. The van der Waals surface area contributed by atoms with Crippen LogP contribution in [0.5, 0.6) is 0 Å². The number of rotatable bonds is 0. The molecule has 9 heteroatoms. The normalized spacial score (nSPS) is 29.2. The quantitative estimate of drug-likeness (QED) is 0.0949. The molecule has 8 N–H and O–H groups in total. The molecule has 1 aliphatic carbocycles. The van der Waals surface area contributed by atoms with Gasteiger partial charge in [0.1, 0.15) is 5.92 Å². The second-order valence-electron chi connectivity index (χ2n) is 3.37. The van der Waals surface area contributed by atoms with Crippen LogP contribution in [-0.2, 0) is 19.5 Å². The fraction of sp³-hybridized carbons (Fsp3) is 0.714. The summed E-state index contributed by atoms with van der Waals surface area (Å²) in [6.07, 6.45) is 6.53. The maximum atomic E-state index is 9.09. The van der Waals surface area contributed by atoms with E-state index >= 15 is 0 Å². The summed E-state index contributed by atoms with van der Waals surface area (Å²) in [5, 5.41) is 72.3. The zero-order chi connectivity index (χ0) is 12.3. The van der Waals surface area contributed by atoms with Gasteiger partial charge in [0.2, 0.25) is 11.6 Å². The van der Waals surface area contributed by atoms with Gasteiger partial charge in [-0.3, -0.25) is 0 Å². The van der Waals surface area contributed by atoms with E-state index in [0.717, 1.165) is 0 Å². The summed E-state index contributed by atoms with van der Waals surface area (Å²) >= 11 is 0. The Hall–Kier alpha value is -0.137. The topological polar surface area (TPSA) is 162 Å². The van der Waals surface area contributed by atoms with Crippen LogP contribution in [0.1, 0.15) is 0 Å². The minimum Gasteiger partial charge on any atom is -0.693 e. The summed E-state index contributed by atoms with van der Waals surface area (Å²) in [7, 11) is 0. The molecule has 16 heavy (non-hydrogen) atoms. The molecule has 0 atom stereocenters. The van der Waals surface area contributed by atoms with Crippen molar-refractivity contribution in [1.82, 2.24) is 0 Å². The predicted octanol–water partition coefficient (Wildman–Crippen LogP) is -5.07. The van der Waals surface area contributed by atoms with Gasteiger partial charge < -0.3 is 53.2 Å². The Morgan fingerprint density at radius 1 is 0.750 bits per heavy atom. The summed E-state index contributed by atoms with van der Waals surface area (Å²) in [4.78, 5) is 0. The van der Waals surface area contributed by atoms with Gasteiger partial charge in [0, 0.05) is 19.5 Å². The molecule has 0 aliphatic heterocycles. The molecule has 8 nitrogen and oxygen atoms in total. The van der Waals surface area contributed by atoms with Crippen LogP contribution in [0.4, 0.5) is 0 Å². The third kappa shape index (κ3) is 1.37. The predicted molar refractivity (Wildman–Crippen MR) is 39.3 cm³/mol. The summed E-state index contributed by atoms with van der Waals surface area (Å²) in [5.74, 6) is -17.0. The minimum atomic E-state index is -4.07. The van der Waals surface area contributed by atoms with Gasteiger partial charge in [-0.1, -0.05) is 0 Å². The van der Waals surface area contributed by atoms with E-state index in [9.17, 15) is 0 Å². The van der Waals surface area contributed by atoms with Gasteiger partial charge in [-0.25, -0.2) is 0 Å². The van der Waals surface area contributed by atoms with Gasteiger partial charge in [-0.05, 0) is 0 Å². The Kier molecular flexibility index (Phi) is 3.65. The molecule has 0 aromatic heterocycles. The van der Waals surface area contributed by atoms with E-state index in [-0.39, 0.29) is 19.5 Å². The first kappa shape index (κ1) is 15.9. The van der Waals surface area contributed by atoms with Crippen LogP contribution < -0.4 is 0 Å². The van der Waals surface area contributed by atoms with Crippen molar-refractivity contribution >= 4 is 0 Å². The smallest absolute Gasteiger partial charge is 0.281 e. The third-order valence-electron chi connectivity index (χ3n) is 2.46. The Balaban J connectivity index is 0.00000225. The molecule has 0 saturated heterocycles. The summed E-state index contributed by atoms with van der Waals surface area (Å²) < 4.78 is 0. The van der Waals surface area contributed by atoms with Gasteiger partial charge in [0.05, 0.1) is 0 Å². The minimum absolute atomic E-state index is 0. The number of aliphatic hydroxyl groups is 8. The molecule has 1 fully saturated rings. The molecule has 1 rings (SSSR count). The molecule has 1 aliphatic rings. The van der Waals surface area contributed by atoms with Crippen LogP contribution in [0.2, 0.25) is 0 Å². The van der Waals surface area contributed by atoms with E-state index < -0.39 is 29.1 Å². The number of hydrogen-bond donors (Lipinski definition) is 8. The van der Waals surface area contributed by atoms with E-state index in [0.29, 0.717) is 0 Å². The molecule has 0 bridgehead atoms. The first-order valence-corrected chi connectivity index (χ1v) is 3.65. The average molecular weight is 287 g/mol. The van der Waals surface area contributed by atoms with Gasteiger partial charge in [-0.2, -0.15) is 0 Å². The molecule has 0 unspecified atom stereocenters. The SMILES string of the molecule is [C-]#CC1C(O)(O)C(O)(O)C(O)(O)C1(O)O.[Zn]. The third-order valence-corrected chi connectivity index (χ3v) is 2.46. The molecular formula is C7H9O8Zn-. The van der Waals surface area contributed by atoms with E-state index in [2.05, 4.69) is 0 Å². The zero-order valence-electron chi connectivity index (χ0n) is 7.86. The van der Waals surface area contributed by atoms with E-state index in [1.54, 1.807) is 0 Å². The van der Waals surface area contributed by atoms with Crippen LogP contribution in [0.3, 0.4) is 0 Å². The second kappa shape index (κ2) is 3.68. The van der Waals surface area contributed by atoms with Crippen LogP contribution in [0, 0.1) is 18.3 Å². The molecule has 1 saturated carbocycles. The monoisotopic (exact) mass is 285 g/mol. The Morgan fingerprint density at radius 2 is 1.00 bits per heavy atom. The fourth-order valence-corrected chi connectivity index (χ4v) is 1.40. The maximum Gasteiger partial charge on any atom is 0.281 e. The van der Waals surface area contributed by atoms with Crippen LogP contribution in [-0.4, -0.2) is 64.0 Å². The molecule has 0 aromatic carbocycles. The number of hydrogen-bond acceptors (Lipinski definition) is 8. The fourth-order valence-electron chi connectivity index (χ4n) is 1.40. The molecule has 0 aromatic rings. The molecule has 0 heterocycles. The van der Waals surface area contributed by atoms with Crippen molar-refractivity contribution in [3.05, 3.63) is 6.42 Å². The first-order valence-electron chi connectivity index (χ1n) is 3.65. The maximum absolute atomic E-state index is 9.09. The average Bonchev–Trinajstić information content (AvgIpc) is 2.07. The summed E-state index contributed by atoms with van der Waals surface area (Å²) in [6.45, 7) is 0. The standard InChI is InChI=1S/C7H9O8.Zn/c1-2-3-4(8,9)6(12,13)7(14,15)5(3,10)11;/h3,8-15H;/q-1;. The van der Waals surface area contributed by atoms with Gasteiger partial charge in [0.15, 0.2) is 0 Å². The first-order chi connectivity index (χ1) is 6.44. The molecule has 0 amide bonds. The molecule has 88 valence electrons. The Labute approximate surface area is 102 Å². The van der Waals surface area contributed by atoms with Gasteiger partial charge in [0.25, 0.3) is 11.6 Å².